The summed E-state index contributed by atoms with van der Waals surface area (Å²) in [5.74, 6) is 0.289. The van der Waals surface area contributed by atoms with Crippen LogP contribution in [0.5, 0.6) is 5.75 Å². The molecule has 3 rings (SSSR count). The predicted octanol–water partition coefficient (Wildman–Crippen LogP) is 3.32. The van der Waals surface area contributed by atoms with Crippen molar-refractivity contribution >= 4 is 17.2 Å². The molecule has 7 heteroatoms. The fourth-order valence-electron chi connectivity index (χ4n) is 2.04. The fourth-order valence-corrected chi connectivity index (χ4v) is 2.04. The molecule has 0 saturated heterocycles. The first-order valence-corrected chi connectivity index (χ1v) is 5.85. The number of aromatic amines is 1. The highest BCUT2D eigenvalue weighted by Crippen LogP contribution is 2.31. The van der Waals surface area contributed by atoms with E-state index in [-0.39, 0.29) is 5.75 Å². The molecular weight excluding hydrogens is 271 g/mol. The second-order valence-corrected chi connectivity index (χ2v) is 4.60. The Balaban J connectivity index is 2.00. The third kappa shape index (κ3) is 2.26. The number of fused-ring (bicyclic) bond motifs is 1. The lowest BCUT2D eigenvalue weighted by Gasteiger charge is -2.14. The molecule has 0 spiro atoms. The monoisotopic (exact) mass is 281 g/mol. The standard InChI is InChI=1S/C13H10F3N3O/c1-12(5-2-6-17-12)11-18-9-4-3-8(7-10(9)19-11)20-13(14,15)16/h2-7H,1H3,(H,18,19)/t12-/m0/s1. The summed E-state index contributed by atoms with van der Waals surface area (Å²) in [5, 5.41) is 0. The molecule has 1 atom stereocenters. The summed E-state index contributed by atoms with van der Waals surface area (Å²) < 4.78 is 40.4. The molecule has 1 aromatic heterocycles. The molecule has 4 nitrogen and oxygen atoms in total. The predicted molar refractivity (Wildman–Crippen MR) is 67.8 cm³/mol. The number of aliphatic imine (C=N–C) groups is 1. The van der Waals surface area contributed by atoms with Crippen LogP contribution in [0, 0.1) is 0 Å². The zero-order chi connectivity index (χ0) is 14.4. The number of nitrogens with zero attached hydrogens (tertiary/aromatic N) is 2. The van der Waals surface area contributed by atoms with Gasteiger partial charge in [-0.3, -0.25) is 4.99 Å². The minimum atomic E-state index is -4.71. The summed E-state index contributed by atoms with van der Waals surface area (Å²) in [7, 11) is 0. The Bertz CT molecular complexity index is 703. The Kier molecular flexibility index (Phi) is 2.60. The summed E-state index contributed by atoms with van der Waals surface area (Å²) in [6.07, 6.45) is 0.607. The number of hydrogen-bond donors (Lipinski definition) is 1. The zero-order valence-electron chi connectivity index (χ0n) is 10.4. The first kappa shape index (κ1) is 12.7. The number of hydrogen-bond acceptors (Lipinski definition) is 3. The van der Waals surface area contributed by atoms with Gasteiger partial charge in [0.25, 0.3) is 0 Å². The van der Waals surface area contributed by atoms with E-state index in [2.05, 4.69) is 19.7 Å². The van der Waals surface area contributed by atoms with Gasteiger partial charge in [-0.05, 0) is 31.2 Å². The van der Waals surface area contributed by atoms with E-state index in [0.29, 0.717) is 16.9 Å². The van der Waals surface area contributed by atoms with Gasteiger partial charge in [0, 0.05) is 12.3 Å². The van der Waals surface area contributed by atoms with E-state index in [1.807, 2.05) is 13.0 Å². The number of H-pyrrole nitrogens is 1. The molecule has 0 unspecified atom stereocenters. The summed E-state index contributed by atoms with van der Waals surface area (Å²) in [6.45, 7) is 1.86. The molecule has 104 valence electrons. The summed E-state index contributed by atoms with van der Waals surface area (Å²) in [4.78, 5) is 11.6. The molecule has 0 radical (unpaired) electrons. The first-order valence-electron chi connectivity index (χ1n) is 5.85. The Hall–Kier alpha value is -2.31. The number of nitrogens with one attached hydrogen (secondary N) is 1. The van der Waals surface area contributed by atoms with Crippen molar-refractivity contribution in [2.24, 2.45) is 4.99 Å². The van der Waals surface area contributed by atoms with Crippen LogP contribution in [0.1, 0.15) is 12.7 Å². The minimum Gasteiger partial charge on any atom is -0.406 e. The maximum Gasteiger partial charge on any atom is 0.573 e. The quantitative estimate of drug-likeness (QED) is 0.918. The lowest BCUT2D eigenvalue weighted by atomic mass is 10.0. The van der Waals surface area contributed by atoms with Crippen molar-refractivity contribution in [1.82, 2.24) is 9.97 Å². The van der Waals surface area contributed by atoms with Crippen molar-refractivity contribution in [2.75, 3.05) is 0 Å². The average Bonchev–Trinajstić information content (AvgIpc) is 2.93. The van der Waals surface area contributed by atoms with Crippen LogP contribution in [-0.2, 0) is 5.54 Å². The van der Waals surface area contributed by atoms with E-state index in [1.165, 1.54) is 18.2 Å². The van der Waals surface area contributed by atoms with E-state index in [0.717, 1.165) is 0 Å². The van der Waals surface area contributed by atoms with Crippen molar-refractivity contribution in [3.8, 4) is 5.75 Å². The van der Waals surface area contributed by atoms with Crippen molar-refractivity contribution in [1.29, 1.82) is 0 Å². The molecule has 0 aliphatic carbocycles. The van der Waals surface area contributed by atoms with Gasteiger partial charge < -0.3 is 9.72 Å². The molecule has 2 aromatic rings. The van der Waals surface area contributed by atoms with E-state index in [1.54, 1.807) is 12.3 Å². The van der Waals surface area contributed by atoms with Crippen LogP contribution in [-0.4, -0.2) is 22.5 Å². The molecule has 1 aliphatic heterocycles. The minimum absolute atomic E-state index is 0.282. The molecule has 0 bridgehead atoms. The topological polar surface area (TPSA) is 50.3 Å². The van der Waals surface area contributed by atoms with Crippen LogP contribution in [0.25, 0.3) is 11.0 Å². The Labute approximate surface area is 112 Å². The molecule has 20 heavy (non-hydrogen) atoms. The van der Waals surface area contributed by atoms with E-state index in [9.17, 15) is 13.2 Å². The summed E-state index contributed by atoms with van der Waals surface area (Å²) >= 11 is 0. The maximum absolute atomic E-state index is 12.2. The van der Waals surface area contributed by atoms with Crippen LogP contribution in [0.3, 0.4) is 0 Å². The number of rotatable bonds is 2. The Morgan fingerprint density at radius 1 is 1.30 bits per heavy atom. The number of halogens is 3. The molecule has 2 heterocycles. The lowest BCUT2D eigenvalue weighted by Crippen LogP contribution is -2.17. The van der Waals surface area contributed by atoms with Gasteiger partial charge in [-0.25, -0.2) is 4.98 Å². The molecule has 0 amide bonds. The zero-order valence-corrected chi connectivity index (χ0v) is 10.4. The molecule has 1 aromatic carbocycles. The van der Waals surface area contributed by atoms with Gasteiger partial charge in [-0.2, -0.15) is 0 Å². The number of aromatic nitrogens is 2. The van der Waals surface area contributed by atoms with Crippen LogP contribution >= 0.6 is 0 Å². The highest BCUT2D eigenvalue weighted by molar-refractivity contribution is 5.79. The highest BCUT2D eigenvalue weighted by atomic mass is 19.4. The summed E-state index contributed by atoms with van der Waals surface area (Å²) in [5.41, 5.74) is 0.425. The average molecular weight is 281 g/mol. The Morgan fingerprint density at radius 2 is 2.10 bits per heavy atom. The van der Waals surface area contributed by atoms with Crippen LogP contribution in [0.4, 0.5) is 13.2 Å². The lowest BCUT2D eigenvalue weighted by molar-refractivity contribution is -0.274. The van der Waals surface area contributed by atoms with Gasteiger partial charge in [0.2, 0.25) is 0 Å². The van der Waals surface area contributed by atoms with Gasteiger partial charge in [-0.1, -0.05) is 0 Å². The van der Waals surface area contributed by atoms with Crippen molar-refractivity contribution in [3.63, 3.8) is 0 Å². The third-order valence-electron chi connectivity index (χ3n) is 3.02. The first-order chi connectivity index (χ1) is 9.36. The normalized spacial score (nSPS) is 21.8. The fraction of sp³-hybridized carbons (Fsp3) is 0.231. The van der Waals surface area contributed by atoms with Crippen LogP contribution in [0.2, 0.25) is 0 Å². The van der Waals surface area contributed by atoms with Gasteiger partial charge in [0.15, 0.2) is 0 Å². The highest BCUT2D eigenvalue weighted by Gasteiger charge is 2.31. The summed E-state index contributed by atoms with van der Waals surface area (Å²) in [6, 6.07) is 3.98. The van der Waals surface area contributed by atoms with Crippen LogP contribution in [0.15, 0.2) is 35.3 Å². The molecule has 0 fully saturated rings. The molecule has 0 saturated carbocycles. The smallest absolute Gasteiger partial charge is 0.406 e. The number of imidazole rings is 1. The van der Waals surface area contributed by atoms with Gasteiger partial charge in [0.1, 0.15) is 17.1 Å². The molecule has 1 aliphatic rings. The molecule has 1 N–H and O–H groups in total. The van der Waals surface area contributed by atoms with Gasteiger partial charge >= 0.3 is 6.36 Å². The number of alkyl halides is 3. The van der Waals surface area contributed by atoms with Gasteiger partial charge in [0.05, 0.1) is 11.0 Å². The number of benzene rings is 1. The number of ether oxygens (including phenoxy) is 1. The Morgan fingerprint density at radius 3 is 2.75 bits per heavy atom. The molecular formula is C13H10F3N3O. The second kappa shape index (κ2) is 4.09. The van der Waals surface area contributed by atoms with Gasteiger partial charge in [-0.15, -0.1) is 13.2 Å². The van der Waals surface area contributed by atoms with E-state index in [4.69, 9.17) is 0 Å². The second-order valence-electron chi connectivity index (χ2n) is 4.60. The maximum atomic E-state index is 12.2. The SMILES string of the molecule is C[C@@]1(c2nc3ccc(OC(F)(F)F)cc3[nH]2)C=CC=N1. The van der Waals surface area contributed by atoms with Crippen molar-refractivity contribution in [2.45, 2.75) is 18.8 Å². The van der Waals surface area contributed by atoms with E-state index >= 15 is 0 Å². The van der Waals surface area contributed by atoms with Crippen LogP contribution < -0.4 is 4.74 Å². The van der Waals surface area contributed by atoms with Crippen molar-refractivity contribution in [3.05, 3.63) is 36.2 Å². The largest absolute Gasteiger partial charge is 0.573 e. The number of allylic oxidation sites excluding steroid dienone is 1. The van der Waals surface area contributed by atoms with E-state index < -0.39 is 11.9 Å². The van der Waals surface area contributed by atoms with Crippen molar-refractivity contribution < 1.29 is 17.9 Å². The third-order valence-corrected chi connectivity index (χ3v) is 3.02.